The second-order valence-electron chi connectivity index (χ2n) is 4.46. The molecule has 0 radical (unpaired) electrons. The van der Waals surface area contributed by atoms with Crippen LogP contribution in [0, 0.1) is 12.8 Å². The summed E-state index contributed by atoms with van der Waals surface area (Å²) in [5, 5.41) is 3.57. The molecule has 3 nitrogen and oxygen atoms in total. The first-order valence-corrected chi connectivity index (χ1v) is 5.45. The van der Waals surface area contributed by atoms with E-state index in [1.165, 1.54) is 12.2 Å². The van der Waals surface area contributed by atoms with Gasteiger partial charge in [-0.25, -0.2) is 4.98 Å². The molecule has 14 heavy (non-hydrogen) atoms. The van der Waals surface area contributed by atoms with Crippen molar-refractivity contribution in [2.45, 2.75) is 39.8 Å². The molecule has 0 aromatic carbocycles. The summed E-state index contributed by atoms with van der Waals surface area (Å²) in [7, 11) is 0. The van der Waals surface area contributed by atoms with Gasteiger partial charge >= 0.3 is 0 Å². The molecule has 0 fully saturated rings. The molecular formula is C11H19N3. The predicted molar refractivity (Wildman–Crippen MR) is 57.2 cm³/mol. The summed E-state index contributed by atoms with van der Waals surface area (Å²) in [6.07, 6.45) is 3.36. The third-order valence-electron chi connectivity index (χ3n) is 2.81. The van der Waals surface area contributed by atoms with Crippen LogP contribution in [0.4, 0.5) is 0 Å². The first-order valence-electron chi connectivity index (χ1n) is 5.45. The molecule has 2 heterocycles. The van der Waals surface area contributed by atoms with E-state index in [2.05, 4.69) is 41.8 Å². The lowest BCUT2D eigenvalue weighted by Crippen LogP contribution is -2.26. The number of fused-ring (bicyclic) bond motifs is 1. The van der Waals surface area contributed by atoms with Crippen molar-refractivity contribution in [3.8, 4) is 0 Å². The maximum absolute atomic E-state index is 4.61. The zero-order chi connectivity index (χ0) is 10.1. The lowest BCUT2D eigenvalue weighted by Gasteiger charge is -2.19. The number of imidazole rings is 1. The standard InChI is InChI=1S/C11H19N3/c1-8(2)10-11-13-9(3)7-14(11)6-4-5-12-10/h7-8,10,12H,4-6H2,1-3H3. The van der Waals surface area contributed by atoms with Crippen LogP contribution in [-0.4, -0.2) is 16.1 Å². The lowest BCUT2D eigenvalue weighted by molar-refractivity contribution is 0.405. The Balaban J connectivity index is 2.36. The molecule has 1 aromatic heterocycles. The molecule has 1 aliphatic rings. The van der Waals surface area contributed by atoms with Gasteiger partial charge in [0.05, 0.1) is 11.7 Å². The first-order chi connectivity index (χ1) is 6.68. The van der Waals surface area contributed by atoms with Crippen LogP contribution in [0.3, 0.4) is 0 Å². The number of nitrogens with zero attached hydrogens (tertiary/aromatic N) is 2. The number of nitrogens with one attached hydrogen (secondary N) is 1. The third-order valence-corrected chi connectivity index (χ3v) is 2.81. The zero-order valence-electron chi connectivity index (χ0n) is 9.25. The molecule has 0 saturated heterocycles. The maximum Gasteiger partial charge on any atom is 0.126 e. The summed E-state index contributed by atoms with van der Waals surface area (Å²) in [6, 6.07) is 0.422. The number of aryl methyl sites for hydroxylation is 2. The van der Waals surface area contributed by atoms with Gasteiger partial charge in [0.2, 0.25) is 0 Å². The summed E-state index contributed by atoms with van der Waals surface area (Å²) < 4.78 is 2.31. The minimum atomic E-state index is 0.422. The van der Waals surface area contributed by atoms with Crippen LogP contribution >= 0.6 is 0 Å². The Hall–Kier alpha value is -0.830. The van der Waals surface area contributed by atoms with Crippen LogP contribution in [0.15, 0.2) is 6.20 Å². The van der Waals surface area contributed by atoms with Gasteiger partial charge < -0.3 is 9.88 Å². The van der Waals surface area contributed by atoms with Crippen LogP contribution in [0.25, 0.3) is 0 Å². The highest BCUT2D eigenvalue weighted by molar-refractivity contribution is 5.08. The van der Waals surface area contributed by atoms with Crippen LogP contribution in [-0.2, 0) is 6.54 Å². The monoisotopic (exact) mass is 193 g/mol. The Morgan fingerprint density at radius 2 is 2.36 bits per heavy atom. The Morgan fingerprint density at radius 1 is 1.57 bits per heavy atom. The van der Waals surface area contributed by atoms with Crippen LogP contribution in [0.2, 0.25) is 0 Å². The van der Waals surface area contributed by atoms with E-state index >= 15 is 0 Å². The molecule has 0 spiro atoms. The molecule has 0 saturated carbocycles. The second kappa shape index (κ2) is 3.73. The zero-order valence-corrected chi connectivity index (χ0v) is 9.25. The summed E-state index contributed by atoms with van der Waals surface area (Å²) >= 11 is 0. The average Bonchev–Trinajstić information content (AvgIpc) is 2.35. The van der Waals surface area contributed by atoms with E-state index in [1.54, 1.807) is 0 Å². The molecule has 1 N–H and O–H groups in total. The van der Waals surface area contributed by atoms with Gasteiger partial charge in [-0.1, -0.05) is 13.8 Å². The highest BCUT2D eigenvalue weighted by Gasteiger charge is 2.22. The molecule has 1 unspecified atom stereocenters. The minimum absolute atomic E-state index is 0.422. The van der Waals surface area contributed by atoms with Gasteiger partial charge in [0.25, 0.3) is 0 Å². The van der Waals surface area contributed by atoms with Crippen LogP contribution < -0.4 is 5.32 Å². The molecule has 2 rings (SSSR count). The summed E-state index contributed by atoms with van der Waals surface area (Å²) in [5.74, 6) is 1.82. The molecule has 0 amide bonds. The largest absolute Gasteiger partial charge is 0.333 e. The van der Waals surface area contributed by atoms with Gasteiger partial charge in [0, 0.05) is 12.7 Å². The van der Waals surface area contributed by atoms with E-state index in [0.29, 0.717) is 12.0 Å². The van der Waals surface area contributed by atoms with E-state index < -0.39 is 0 Å². The topological polar surface area (TPSA) is 29.9 Å². The Labute approximate surface area is 85.5 Å². The highest BCUT2D eigenvalue weighted by atomic mass is 15.1. The van der Waals surface area contributed by atoms with Crippen molar-refractivity contribution in [3.63, 3.8) is 0 Å². The van der Waals surface area contributed by atoms with Gasteiger partial charge in [0.15, 0.2) is 0 Å². The van der Waals surface area contributed by atoms with Gasteiger partial charge in [-0.05, 0) is 25.8 Å². The maximum atomic E-state index is 4.61. The van der Waals surface area contributed by atoms with Crippen LogP contribution in [0.1, 0.15) is 37.8 Å². The van der Waals surface area contributed by atoms with Crippen molar-refractivity contribution in [1.29, 1.82) is 0 Å². The molecule has 1 aromatic rings. The van der Waals surface area contributed by atoms with Gasteiger partial charge in [-0.2, -0.15) is 0 Å². The van der Waals surface area contributed by atoms with E-state index in [-0.39, 0.29) is 0 Å². The van der Waals surface area contributed by atoms with E-state index in [9.17, 15) is 0 Å². The fraction of sp³-hybridized carbons (Fsp3) is 0.727. The molecule has 3 heteroatoms. The Morgan fingerprint density at radius 3 is 3.07 bits per heavy atom. The summed E-state index contributed by atoms with van der Waals surface area (Å²) in [6.45, 7) is 8.77. The molecule has 1 aliphatic heterocycles. The molecule has 78 valence electrons. The van der Waals surface area contributed by atoms with Gasteiger partial charge in [-0.3, -0.25) is 0 Å². The van der Waals surface area contributed by atoms with E-state index in [0.717, 1.165) is 18.8 Å². The van der Waals surface area contributed by atoms with Gasteiger partial charge in [0.1, 0.15) is 5.82 Å². The van der Waals surface area contributed by atoms with Crippen molar-refractivity contribution < 1.29 is 0 Å². The van der Waals surface area contributed by atoms with Crippen LogP contribution in [0.5, 0.6) is 0 Å². The number of hydrogen-bond donors (Lipinski definition) is 1. The molecule has 0 aliphatic carbocycles. The van der Waals surface area contributed by atoms with Crippen molar-refractivity contribution >= 4 is 0 Å². The minimum Gasteiger partial charge on any atom is -0.333 e. The third kappa shape index (κ3) is 1.69. The quantitative estimate of drug-likeness (QED) is 0.738. The van der Waals surface area contributed by atoms with Crippen molar-refractivity contribution in [2.24, 2.45) is 5.92 Å². The van der Waals surface area contributed by atoms with Crippen molar-refractivity contribution in [3.05, 3.63) is 17.7 Å². The SMILES string of the molecule is Cc1cn2c(n1)C(C(C)C)NCCC2. The van der Waals surface area contributed by atoms with Gasteiger partial charge in [-0.15, -0.1) is 0 Å². The predicted octanol–water partition coefficient (Wildman–Crippen LogP) is 1.88. The number of rotatable bonds is 1. The molecule has 1 atom stereocenters. The number of aromatic nitrogens is 2. The lowest BCUT2D eigenvalue weighted by atomic mass is 10.0. The molecule has 0 bridgehead atoms. The van der Waals surface area contributed by atoms with Crippen molar-refractivity contribution in [2.75, 3.05) is 6.54 Å². The highest BCUT2D eigenvalue weighted by Crippen LogP contribution is 2.23. The Kier molecular flexibility index (Phi) is 2.59. The molecular weight excluding hydrogens is 174 g/mol. The van der Waals surface area contributed by atoms with E-state index in [1.807, 2.05) is 0 Å². The fourth-order valence-corrected chi connectivity index (χ4v) is 2.12. The van der Waals surface area contributed by atoms with Crippen molar-refractivity contribution in [1.82, 2.24) is 14.9 Å². The number of hydrogen-bond acceptors (Lipinski definition) is 2. The normalized spacial score (nSPS) is 22.1. The fourth-order valence-electron chi connectivity index (χ4n) is 2.12. The smallest absolute Gasteiger partial charge is 0.126 e. The second-order valence-corrected chi connectivity index (χ2v) is 4.46. The summed E-state index contributed by atoms with van der Waals surface area (Å²) in [5.41, 5.74) is 1.13. The Bertz CT molecular complexity index is 314. The summed E-state index contributed by atoms with van der Waals surface area (Å²) in [4.78, 5) is 4.61. The van der Waals surface area contributed by atoms with E-state index in [4.69, 9.17) is 0 Å². The average molecular weight is 193 g/mol. The first kappa shape index (κ1) is 9.71.